The van der Waals surface area contributed by atoms with Gasteiger partial charge in [-0.2, -0.15) is 0 Å². The van der Waals surface area contributed by atoms with Crippen molar-refractivity contribution in [1.29, 1.82) is 0 Å². The van der Waals surface area contributed by atoms with Crippen molar-refractivity contribution in [1.82, 2.24) is 5.32 Å². The van der Waals surface area contributed by atoms with Gasteiger partial charge >= 0.3 is 0 Å². The first-order valence-corrected chi connectivity index (χ1v) is 9.47. The highest BCUT2D eigenvalue weighted by Crippen LogP contribution is 2.26. The average Bonchev–Trinajstić information content (AvgIpc) is 2.67. The fourth-order valence-corrected chi connectivity index (χ4v) is 3.53. The second kappa shape index (κ2) is 8.04. The van der Waals surface area contributed by atoms with E-state index in [1.807, 2.05) is 60.9 Å². The molecule has 1 atom stereocenters. The zero-order chi connectivity index (χ0) is 17.6. The number of carbonyl (C=O) groups is 1. The number of nitrogens with one attached hydrogen (secondary N) is 1. The van der Waals surface area contributed by atoms with Gasteiger partial charge in [0.2, 0.25) is 0 Å². The molecule has 2 nitrogen and oxygen atoms in total. The molecule has 0 aromatic heterocycles. The molecule has 0 bridgehead atoms. The van der Waals surface area contributed by atoms with Crippen LogP contribution in [0.4, 0.5) is 0 Å². The van der Waals surface area contributed by atoms with Crippen molar-refractivity contribution < 1.29 is 4.79 Å². The molecule has 3 aromatic carbocycles. The van der Waals surface area contributed by atoms with Gasteiger partial charge in [-0.15, -0.1) is 11.8 Å². The van der Waals surface area contributed by atoms with E-state index in [1.54, 1.807) is 11.8 Å². The molecule has 1 amide bonds. The van der Waals surface area contributed by atoms with Crippen molar-refractivity contribution in [3.63, 3.8) is 0 Å². The summed E-state index contributed by atoms with van der Waals surface area (Å²) >= 11 is 1.58. The van der Waals surface area contributed by atoms with E-state index in [-0.39, 0.29) is 11.9 Å². The summed E-state index contributed by atoms with van der Waals surface area (Å²) in [4.78, 5) is 14.0. The van der Waals surface area contributed by atoms with Gasteiger partial charge in [0.15, 0.2) is 0 Å². The number of hydrogen-bond acceptors (Lipinski definition) is 2. The Kier molecular flexibility index (Phi) is 5.56. The molecule has 0 aliphatic rings. The van der Waals surface area contributed by atoms with E-state index < -0.39 is 0 Å². The van der Waals surface area contributed by atoms with Gasteiger partial charge in [-0.3, -0.25) is 4.79 Å². The summed E-state index contributed by atoms with van der Waals surface area (Å²) in [6.45, 7) is 2.08. The van der Waals surface area contributed by atoms with E-state index in [0.29, 0.717) is 5.56 Å². The van der Waals surface area contributed by atoms with Gasteiger partial charge in [0.25, 0.3) is 5.91 Å². The van der Waals surface area contributed by atoms with Crippen LogP contribution in [0.1, 0.15) is 33.1 Å². The number of carbonyl (C=O) groups excluding carboxylic acids is 1. The Morgan fingerprint density at radius 2 is 1.52 bits per heavy atom. The Hall–Kier alpha value is -2.52. The normalized spacial score (nSPS) is 11.8. The Balaban J connectivity index is 1.99. The molecule has 0 aliphatic heterocycles. The summed E-state index contributed by atoms with van der Waals surface area (Å²) in [6.07, 6.45) is 1.99. The zero-order valence-corrected chi connectivity index (χ0v) is 15.2. The molecule has 126 valence electrons. The highest BCUT2D eigenvalue weighted by atomic mass is 32.2. The average molecular weight is 347 g/mol. The van der Waals surface area contributed by atoms with Crippen LogP contribution in [-0.2, 0) is 0 Å². The minimum absolute atomic E-state index is 0.0537. The SMILES string of the molecule is CSc1ccccc1C(=O)N[C@@H](c1ccccc1)c1ccccc1C. The van der Waals surface area contributed by atoms with Crippen molar-refractivity contribution in [2.45, 2.75) is 17.9 Å². The van der Waals surface area contributed by atoms with Gasteiger partial charge in [-0.05, 0) is 42.0 Å². The van der Waals surface area contributed by atoms with E-state index in [9.17, 15) is 4.79 Å². The number of aryl methyl sites for hydroxylation is 1. The van der Waals surface area contributed by atoms with Crippen LogP contribution in [0.15, 0.2) is 83.8 Å². The number of amides is 1. The molecule has 0 saturated carbocycles. The highest BCUT2D eigenvalue weighted by Gasteiger charge is 2.20. The molecular weight excluding hydrogens is 326 g/mol. The standard InChI is InChI=1S/C22H21NOS/c1-16-10-6-7-13-18(16)21(17-11-4-3-5-12-17)23-22(24)19-14-8-9-15-20(19)25-2/h3-15,21H,1-2H3,(H,23,24)/t21-/m0/s1. The lowest BCUT2D eigenvalue weighted by Crippen LogP contribution is -2.30. The Labute approximate surface area is 153 Å². The van der Waals surface area contributed by atoms with E-state index in [2.05, 4.69) is 36.5 Å². The molecular formula is C22H21NOS. The minimum Gasteiger partial charge on any atom is -0.341 e. The summed E-state index contributed by atoms with van der Waals surface area (Å²) < 4.78 is 0. The monoisotopic (exact) mass is 347 g/mol. The van der Waals surface area contributed by atoms with Crippen LogP contribution in [0.2, 0.25) is 0 Å². The second-order valence-corrected chi connectivity index (χ2v) is 6.72. The topological polar surface area (TPSA) is 29.1 Å². The molecule has 3 rings (SSSR count). The highest BCUT2D eigenvalue weighted by molar-refractivity contribution is 7.98. The maximum absolute atomic E-state index is 13.0. The number of hydrogen-bond donors (Lipinski definition) is 1. The smallest absolute Gasteiger partial charge is 0.253 e. The molecule has 25 heavy (non-hydrogen) atoms. The van der Waals surface area contributed by atoms with Crippen LogP contribution >= 0.6 is 11.8 Å². The van der Waals surface area contributed by atoms with Crippen molar-refractivity contribution in [3.05, 3.63) is 101 Å². The molecule has 0 spiro atoms. The molecule has 1 N–H and O–H groups in total. The van der Waals surface area contributed by atoms with Gasteiger partial charge in [-0.25, -0.2) is 0 Å². The van der Waals surface area contributed by atoms with Gasteiger partial charge in [0.05, 0.1) is 11.6 Å². The lowest BCUT2D eigenvalue weighted by atomic mass is 9.94. The van der Waals surface area contributed by atoms with Crippen LogP contribution in [0.3, 0.4) is 0 Å². The van der Waals surface area contributed by atoms with Crippen LogP contribution in [0.5, 0.6) is 0 Å². The first-order valence-electron chi connectivity index (χ1n) is 8.25. The van der Waals surface area contributed by atoms with Crippen LogP contribution in [-0.4, -0.2) is 12.2 Å². The Morgan fingerprint density at radius 3 is 2.24 bits per heavy atom. The molecule has 0 radical (unpaired) electrons. The van der Waals surface area contributed by atoms with Crippen molar-refractivity contribution >= 4 is 17.7 Å². The van der Waals surface area contributed by atoms with Crippen molar-refractivity contribution in [2.24, 2.45) is 0 Å². The molecule has 0 saturated heterocycles. The summed E-state index contributed by atoms with van der Waals surface area (Å²) in [7, 11) is 0. The lowest BCUT2D eigenvalue weighted by molar-refractivity contribution is 0.0940. The predicted octanol–water partition coefficient (Wildman–Crippen LogP) is 5.24. The Morgan fingerprint density at radius 1 is 0.880 bits per heavy atom. The van der Waals surface area contributed by atoms with E-state index in [4.69, 9.17) is 0 Å². The van der Waals surface area contributed by atoms with Gasteiger partial charge in [-0.1, -0.05) is 66.7 Å². The maximum Gasteiger partial charge on any atom is 0.253 e. The Bertz CT molecular complexity index is 861. The molecule has 3 aromatic rings. The minimum atomic E-state index is -0.176. The first kappa shape index (κ1) is 17.3. The second-order valence-electron chi connectivity index (χ2n) is 5.87. The quantitative estimate of drug-likeness (QED) is 0.640. The molecule has 0 aliphatic carbocycles. The third-order valence-corrected chi connectivity index (χ3v) is 5.06. The van der Waals surface area contributed by atoms with Gasteiger partial charge in [0, 0.05) is 4.90 Å². The van der Waals surface area contributed by atoms with E-state index in [1.165, 1.54) is 0 Å². The van der Waals surface area contributed by atoms with E-state index >= 15 is 0 Å². The third-order valence-electron chi connectivity index (χ3n) is 4.26. The lowest BCUT2D eigenvalue weighted by Gasteiger charge is -2.22. The van der Waals surface area contributed by atoms with Crippen molar-refractivity contribution in [2.75, 3.05) is 6.26 Å². The van der Waals surface area contributed by atoms with E-state index in [0.717, 1.165) is 21.6 Å². The summed E-state index contributed by atoms with van der Waals surface area (Å²) in [6, 6.07) is 25.8. The maximum atomic E-state index is 13.0. The first-order chi connectivity index (χ1) is 12.2. The fourth-order valence-electron chi connectivity index (χ4n) is 2.94. The van der Waals surface area contributed by atoms with Crippen LogP contribution < -0.4 is 5.32 Å². The molecule has 3 heteroatoms. The number of thioether (sulfide) groups is 1. The number of rotatable bonds is 5. The third kappa shape index (κ3) is 3.94. The molecule has 0 unspecified atom stereocenters. The summed E-state index contributed by atoms with van der Waals surface area (Å²) in [5.41, 5.74) is 4.06. The summed E-state index contributed by atoms with van der Waals surface area (Å²) in [5, 5.41) is 3.23. The number of benzene rings is 3. The predicted molar refractivity (Wildman–Crippen MR) is 105 cm³/mol. The largest absolute Gasteiger partial charge is 0.341 e. The molecule has 0 fully saturated rings. The summed E-state index contributed by atoms with van der Waals surface area (Å²) in [5.74, 6) is -0.0537. The van der Waals surface area contributed by atoms with Crippen molar-refractivity contribution in [3.8, 4) is 0 Å². The fraction of sp³-hybridized carbons (Fsp3) is 0.136. The van der Waals surface area contributed by atoms with Crippen LogP contribution in [0.25, 0.3) is 0 Å². The molecule has 0 heterocycles. The zero-order valence-electron chi connectivity index (χ0n) is 14.4. The van der Waals surface area contributed by atoms with Crippen LogP contribution in [0, 0.1) is 6.92 Å². The van der Waals surface area contributed by atoms with Gasteiger partial charge in [0.1, 0.15) is 0 Å². The van der Waals surface area contributed by atoms with Gasteiger partial charge < -0.3 is 5.32 Å².